The molecule has 0 fully saturated rings. The molecule has 1 atom stereocenters. The van der Waals surface area contributed by atoms with E-state index in [1.807, 2.05) is 12.1 Å². The molecular weight excluding hydrogens is 274 g/mol. The van der Waals surface area contributed by atoms with Gasteiger partial charge in [0.2, 0.25) is 0 Å². The quantitative estimate of drug-likeness (QED) is 0.919. The molecule has 0 aliphatic heterocycles. The molecule has 0 aliphatic carbocycles. The minimum atomic E-state index is -1.26. The maximum atomic E-state index is 13.4. The van der Waals surface area contributed by atoms with E-state index in [-0.39, 0.29) is 13.0 Å². The van der Waals surface area contributed by atoms with Gasteiger partial charge >= 0.3 is 0 Å². The zero-order valence-electron chi connectivity index (χ0n) is 11.2. The maximum absolute atomic E-state index is 13.4. The average molecular weight is 288 g/mol. The standard InChI is InChI=1S/C16H14F2N2O/c17-13-7-4-8-14(18)15(13)21-10-9-16(20,11-19)12-5-2-1-3-6-12/h1-8H,9-10,20H2. The zero-order valence-corrected chi connectivity index (χ0v) is 11.2. The summed E-state index contributed by atoms with van der Waals surface area (Å²) >= 11 is 0. The molecule has 0 amide bonds. The van der Waals surface area contributed by atoms with Crippen LogP contribution in [0.4, 0.5) is 8.78 Å². The Morgan fingerprint density at radius 2 is 1.67 bits per heavy atom. The van der Waals surface area contributed by atoms with E-state index in [1.165, 1.54) is 6.07 Å². The summed E-state index contributed by atoms with van der Waals surface area (Å²) in [5.74, 6) is -2.02. The van der Waals surface area contributed by atoms with Gasteiger partial charge in [0, 0.05) is 6.42 Å². The van der Waals surface area contributed by atoms with Gasteiger partial charge in [-0.25, -0.2) is 8.78 Å². The van der Waals surface area contributed by atoms with Crippen molar-refractivity contribution in [3.05, 3.63) is 65.7 Å². The molecule has 2 N–H and O–H groups in total. The number of ether oxygens (including phenoxy) is 1. The molecule has 108 valence electrons. The second-order valence-corrected chi connectivity index (χ2v) is 4.60. The number of para-hydroxylation sites is 1. The SMILES string of the molecule is N#CC(N)(CCOc1c(F)cccc1F)c1ccccc1. The highest BCUT2D eigenvalue weighted by atomic mass is 19.1. The molecule has 2 aromatic rings. The molecule has 0 aliphatic rings. The number of halogens is 2. The van der Waals surface area contributed by atoms with E-state index in [0.29, 0.717) is 5.56 Å². The number of nitrogens with zero attached hydrogens (tertiary/aromatic N) is 1. The van der Waals surface area contributed by atoms with Gasteiger partial charge in [-0.15, -0.1) is 0 Å². The molecule has 21 heavy (non-hydrogen) atoms. The Bertz CT molecular complexity index is 635. The van der Waals surface area contributed by atoms with Gasteiger partial charge in [-0.3, -0.25) is 0 Å². The van der Waals surface area contributed by atoms with Crippen LogP contribution in [-0.2, 0) is 5.54 Å². The topological polar surface area (TPSA) is 59.0 Å². The van der Waals surface area contributed by atoms with Crippen LogP contribution in [0.1, 0.15) is 12.0 Å². The third-order valence-electron chi connectivity index (χ3n) is 3.15. The van der Waals surface area contributed by atoms with Crippen LogP contribution >= 0.6 is 0 Å². The molecular formula is C16H14F2N2O. The van der Waals surface area contributed by atoms with Crippen molar-refractivity contribution in [1.29, 1.82) is 5.26 Å². The Balaban J connectivity index is 2.07. The molecule has 3 nitrogen and oxygen atoms in total. The number of benzene rings is 2. The van der Waals surface area contributed by atoms with E-state index in [4.69, 9.17) is 10.5 Å². The van der Waals surface area contributed by atoms with Crippen LogP contribution in [0, 0.1) is 23.0 Å². The summed E-state index contributed by atoms with van der Waals surface area (Å²) < 4.78 is 31.9. The lowest BCUT2D eigenvalue weighted by atomic mass is 9.89. The van der Waals surface area contributed by atoms with E-state index in [2.05, 4.69) is 0 Å². The summed E-state index contributed by atoms with van der Waals surface area (Å²) in [6, 6.07) is 14.3. The summed E-state index contributed by atoms with van der Waals surface area (Å²) in [4.78, 5) is 0. The van der Waals surface area contributed by atoms with E-state index in [9.17, 15) is 14.0 Å². The van der Waals surface area contributed by atoms with Crippen molar-refractivity contribution in [1.82, 2.24) is 0 Å². The van der Waals surface area contributed by atoms with Gasteiger partial charge in [0.15, 0.2) is 17.4 Å². The summed E-state index contributed by atoms with van der Waals surface area (Å²) in [6.45, 7) is -0.0726. The predicted octanol–water partition coefficient (Wildman–Crippen LogP) is 3.11. The van der Waals surface area contributed by atoms with Crippen molar-refractivity contribution in [2.45, 2.75) is 12.0 Å². The van der Waals surface area contributed by atoms with E-state index >= 15 is 0 Å². The lowest BCUT2D eigenvalue weighted by Gasteiger charge is -2.22. The van der Waals surface area contributed by atoms with E-state index in [1.54, 1.807) is 24.3 Å². The minimum absolute atomic E-state index is 0.0726. The van der Waals surface area contributed by atoms with E-state index in [0.717, 1.165) is 12.1 Å². The first-order valence-corrected chi connectivity index (χ1v) is 6.39. The van der Waals surface area contributed by atoms with Crippen LogP contribution in [0.2, 0.25) is 0 Å². The van der Waals surface area contributed by atoms with Crippen LogP contribution in [-0.4, -0.2) is 6.61 Å². The van der Waals surface area contributed by atoms with Crippen LogP contribution in [0.5, 0.6) is 5.75 Å². The Labute approximate surface area is 121 Å². The monoisotopic (exact) mass is 288 g/mol. The smallest absolute Gasteiger partial charge is 0.190 e. The first-order valence-electron chi connectivity index (χ1n) is 6.39. The molecule has 0 saturated carbocycles. The highest BCUT2D eigenvalue weighted by Crippen LogP contribution is 2.24. The van der Waals surface area contributed by atoms with Crippen LogP contribution in [0.25, 0.3) is 0 Å². The largest absolute Gasteiger partial charge is 0.487 e. The molecule has 0 bridgehead atoms. The first-order chi connectivity index (χ1) is 10.1. The third-order valence-corrected chi connectivity index (χ3v) is 3.15. The van der Waals surface area contributed by atoms with Crippen molar-refractivity contribution in [2.24, 2.45) is 5.73 Å². The molecule has 5 heteroatoms. The van der Waals surface area contributed by atoms with E-state index < -0.39 is 22.9 Å². The Morgan fingerprint density at radius 1 is 1.05 bits per heavy atom. The molecule has 0 heterocycles. The first kappa shape index (κ1) is 14.9. The van der Waals surface area contributed by atoms with Gasteiger partial charge < -0.3 is 10.5 Å². The number of nitriles is 1. The fourth-order valence-corrected chi connectivity index (χ4v) is 1.93. The Hall–Kier alpha value is -2.45. The van der Waals surface area contributed by atoms with Crippen LogP contribution in [0.15, 0.2) is 48.5 Å². The maximum Gasteiger partial charge on any atom is 0.190 e. The highest BCUT2D eigenvalue weighted by molar-refractivity contribution is 5.31. The summed E-state index contributed by atoms with van der Waals surface area (Å²) in [7, 11) is 0. The van der Waals surface area contributed by atoms with Gasteiger partial charge in [-0.1, -0.05) is 36.4 Å². The molecule has 2 rings (SSSR count). The van der Waals surface area contributed by atoms with Gasteiger partial charge in [0.05, 0.1) is 12.7 Å². The number of hydrogen-bond donors (Lipinski definition) is 1. The average Bonchev–Trinajstić information content (AvgIpc) is 2.51. The van der Waals surface area contributed by atoms with Crippen LogP contribution in [0.3, 0.4) is 0 Å². The van der Waals surface area contributed by atoms with Crippen molar-refractivity contribution < 1.29 is 13.5 Å². The third kappa shape index (κ3) is 3.36. The van der Waals surface area contributed by atoms with Crippen molar-refractivity contribution in [3.63, 3.8) is 0 Å². The second-order valence-electron chi connectivity index (χ2n) is 4.60. The normalized spacial score (nSPS) is 13.2. The molecule has 0 aromatic heterocycles. The Kier molecular flexibility index (Phi) is 4.51. The van der Waals surface area contributed by atoms with Gasteiger partial charge in [-0.2, -0.15) is 5.26 Å². The zero-order chi connectivity index (χ0) is 15.3. The fraction of sp³-hybridized carbons (Fsp3) is 0.188. The lowest BCUT2D eigenvalue weighted by Crippen LogP contribution is -2.36. The van der Waals surface area contributed by atoms with Crippen molar-refractivity contribution in [2.75, 3.05) is 6.61 Å². The molecule has 0 saturated heterocycles. The molecule has 2 aromatic carbocycles. The Morgan fingerprint density at radius 3 is 2.24 bits per heavy atom. The molecule has 0 radical (unpaired) electrons. The summed E-state index contributed by atoms with van der Waals surface area (Å²) in [6.07, 6.45) is 0.112. The van der Waals surface area contributed by atoms with Crippen molar-refractivity contribution in [3.8, 4) is 11.8 Å². The summed E-state index contributed by atoms with van der Waals surface area (Å²) in [5, 5.41) is 9.27. The summed E-state index contributed by atoms with van der Waals surface area (Å²) in [5.41, 5.74) is 5.40. The van der Waals surface area contributed by atoms with Gasteiger partial charge in [0.25, 0.3) is 0 Å². The number of rotatable bonds is 5. The minimum Gasteiger partial charge on any atom is -0.487 e. The number of hydrogen-bond acceptors (Lipinski definition) is 3. The van der Waals surface area contributed by atoms with Gasteiger partial charge in [0.1, 0.15) is 5.54 Å². The molecule has 1 unspecified atom stereocenters. The van der Waals surface area contributed by atoms with Crippen LogP contribution < -0.4 is 10.5 Å². The predicted molar refractivity (Wildman–Crippen MR) is 74.4 cm³/mol. The van der Waals surface area contributed by atoms with Gasteiger partial charge in [-0.05, 0) is 17.7 Å². The van der Waals surface area contributed by atoms with Crippen molar-refractivity contribution >= 4 is 0 Å². The molecule has 0 spiro atoms. The second kappa shape index (κ2) is 6.33. The lowest BCUT2D eigenvalue weighted by molar-refractivity contribution is 0.257. The fourth-order valence-electron chi connectivity index (χ4n) is 1.93. The number of nitrogens with two attached hydrogens (primary N) is 1. The highest BCUT2D eigenvalue weighted by Gasteiger charge is 2.27.